The second-order valence-corrected chi connectivity index (χ2v) is 5.72. The molecule has 1 aliphatic heterocycles. The van der Waals surface area contributed by atoms with Crippen LogP contribution in [0.2, 0.25) is 0 Å². The lowest BCUT2D eigenvalue weighted by Gasteiger charge is -2.24. The topological polar surface area (TPSA) is 35.0 Å². The van der Waals surface area contributed by atoms with E-state index in [0.717, 1.165) is 32.8 Å². The van der Waals surface area contributed by atoms with E-state index in [2.05, 4.69) is 47.9 Å². The zero-order valence-electron chi connectivity index (χ0n) is 9.44. The van der Waals surface area contributed by atoms with E-state index in [9.17, 15) is 0 Å². The number of hydrogen-bond acceptors (Lipinski definition) is 3. The van der Waals surface area contributed by atoms with E-state index in [1.54, 1.807) is 0 Å². The smallest absolute Gasteiger partial charge is 0.138 e. The lowest BCUT2D eigenvalue weighted by atomic mass is 9.92. The third-order valence-corrected chi connectivity index (χ3v) is 3.76. The van der Waals surface area contributed by atoms with Gasteiger partial charge in [-0.1, -0.05) is 18.2 Å². The van der Waals surface area contributed by atoms with Crippen molar-refractivity contribution in [3.05, 3.63) is 50.9 Å². The lowest BCUT2D eigenvalue weighted by Crippen LogP contribution is -2.17. The van der Waals surface area contributed by atoms with E-state index in [0.29, 0.717) is 6.61 Å². The summed E-state index contributed by atoms with van der Waals surface area (Å²) in [4.78, 5) is 8.95. The van der Waals surface area contributed by atoms with Crippen molar-refractivity contribution in [2.75, 3.05) is 6.61 Å². The monoisotopic (exact) mass is 368 g/mol. The summed E-state index contributed by atoms with van der Waals surface area (Å²) in [5, 5.41) is 0. The molecule has 1 unspecified atom stereocenters. The van der Waals surface area contributed by atoms with Crippen molar-refractivity contribution in [2.24, 2.45) is 0 Å². The van der Waals surface area contributed by atoms with Crippen LogP contribution in [0, 0.1) is 0 Å². The van der Waals surface area contributed by atoms with Crippen LogP contribution in [-0.4, -0.2) is 16.6 Å². The second kappa shape index (κ2) is 4.97. The molecule has 0 saturated carbocycles. The summed E-state index contributed by atoms with van der Waals surface area (Å²) >= 11 is 6.81. The average Bonchev–Trinajstić information content (AvgIpc) is 2.37. The van der Waals surface area contributed by atoms with Gasteiger partial charge in [-0.05, 0) is 44.3 Å². The summed E-state index contributed by atoms with van der Waals surface area (Å²) in [5.41, 5.74) is 1.16. The third kappa shape index (κ3) is 2.29. The number of nitrogens with zero attached hydrogens (tertiary/aromatic N) is 2. The molecule has 18 heavy (non-hydrogen) atoms. The van der Waals surface area contributed by atoms with Crippen molar-refractivity contribution < 1.29 is 4.74 Å². The van der Waals surface area contributed by atoms with Crippen molar-refractivity contribution in [3.8, 4) is 5.75 Å². The standard InChI is InChI=1S/C13H10Br2N2O/c14-11-7-12(15)17-13(16-11)9-5-6-18-10-4-2-1-3-8(9)10/h1-4,7,9H,5-6H2. The molecule has 0 spiro atoms. The van der Waals surface area contributed by atoms with Gasteiger partial charge in [0, 0.05) is 11.6 Å². The predicted molar refractivity (Wildman–Crippen MR) is 75.8 cm³/mol. The first-order valence-corrected chi connectivity index (χ1v) is 7.24. The van der Waals surface area contributed by atoms with Gasteiger partial charge >= 0.3 is 0 Å². The number of aromatic nitrogens is 2. The Hall–Kier alpha value is -0.940. The Kier molecular flexibility index (Phi) is 3.35. The van der Waals surface area contributed by atoms with Crippen LogP contribution in [0.25, 0.3) is 0 Å². The molecule has 0 saturated heterocycles. The largest absolute Gasteiger partial charge is 0.493 e. The highest BCUT2D eigenvalue weighted by molar-refractivity contribution is 9.11. The molecule has 1 aromatic carbocycles. The minimum Gasteiger partial charge on any atom is -0.493 e. The predicted octanol–water partition coefficient (Wildman–Crippen LogP) is 3.92. The molecule has 0 aliphatic carbocycles. The van der Waals surface area contributed by atoms with Gasteiger partial charge in [0.2, 0.25) is 0 Å². The molecule has 1 aliphatic rings. The van der Waals surface area contributed by atoms with Crippen molar-refractivity contribution in [2.45, 2.75) is 12.3 Å². The van der Waals surface area contributed by atoms with Crippen LogP contribution < -0.4 is 4.74 Å². The van der Waals surface area contributed by atoms with E-state index in [-0.39, 0.29) is 5.92 Å². The van der Waals surface area contributed by atoms with Gasteiger partial charge < -0.3 is 4.74 Å². The molecule has 5 heteroatoms. The van der Waals surface area contributed by atoms with Gasteiger partial charge in [-0.15, -0.1) is 0 Å². The van der Waals surface area contributed by atoms with E-state index < -0.39 is 0 Å². The number of hydrogen-bond donors (Lipinski definition) is 0. The summed E-state index contributed by atoms with van der Waals surface area (Å²) in [6.45, 7) is 0.704. The number of benzene rings is 1. The van der Waals surface area contributed by atoms with Crippen molar-refractivity contribution in [3.63, 3.8) is 0 Å². The molecule has 1 atom stereocenters. The van der Waals surface area contributed by atoms with E-state index in [4.69, 9.17) is 4.74 Å². The summed E-state index contributed by atoms with van der Waals surface area (Å²) in [7, 11) is 0. The second-order valence-electron chi connectivity index (χ2n) is 4.10. The van der Waals surface area contributed by atoms with E-state index >= 15 is 0 Å². The first kappa shape index (κ1) is 12.1. The average molecular weight is 370 g/mol. The Morgan fingerprint density at radius 2 is 1.83 bits per heavy atom. The number of fused-ring (bicyclic) bond motifs is 1. The molecule has 3 nitrogen and oxygen atoms in total. The van der Waals surface area contributed by atoms with Crippen molar-refractivity contribution in [1.82, 2.24) is 9.97 Å². The zero-order chi connectivity index (χ0) is 12.5. The minimum absolute atomic E-state index is 0.198. The number of ether oxygens (including phenoxy) is 1. The summed E-state index contributed by atoms with van der Waals surface area (Å²) in [5.74, 6) is 1.96. The maximum absolute atomic E-state index is 5.66. The summed E-state index contributed by atoms with van der Waals surface area (Å²) in [6, 6.07) is 9.92. The maximum atomic E-state index is 5.66. The Bertz CT molecular complexity index is 569. The number of para-hydroxylation sites is 1. The Morgan fingerprint density at radius 3 is 2.61 bits per heavy atom. The van der Waals surface area contributed by atoms with Crippen molar-refractivity contribution in [1.29, 1.82) is 0 Å². The molecule has 0 amide bonds. The van der Waals surface area contributed by atoms with Crippen LogP contribution in [0.4, 0.5) is 0 Å². The minimum atomic E-state index is 0.198. The molecule has 3 rings (SSSR count). The molecular weight excluding hydrogens is 360 g/mol. The van der Waals surface area contributed by atoms with Gasteiger partial charge in [-0.25, -0.2) is 9.97 Å². The molecule has 2 aromatic rings. The quantitative estimate of drug-likeness (QED) is 0.714. The molecule has 1 aromatic heterocycles. The normalized spacial score (nSPS) is 18.0. The van der Waals surface area contributed by atoms with Gasteiger partial charge in [0.25, 0.3) is 0 Å². The highest BCUT2D eigenvalue weighted by atomic mass is 79.9. The van der Waals surface area contributed by atoms with Crippen LogP contribution in [0.1, 0.15) is 23.7 Å². The highest BCUT2D eigenvalue weighted by Gasteiger charge is 2.25. The van der Waals surface area contributed by atoms with Crippen LogP contribution in [-0.2, 0) is 0 Å². The molecular formula is C13H10Br2N2O. The Balaban J connectivity index is 2.08. The summed E-state index contributed by atoms with van der Waals surface area (Å²) in [6.07, 6.45) is 0.903. The van der Waals surface area contributed by atoms with Gasteiger partial charge in [-0.2, -0.15) is 0 Å². The highest BCUT2D eigenvalue weighted by Crippen LogP contribution is 2.37. The third-order valence-electron chi connectivity index (χ3n) is 2.95. The van der Waals surface area contributed by atoms with Crippen LogP contribution in [0.5, 0.6) is 5.75 Å². The molecule has 0 N–H and O–H groups in total. The summed E-state index contributed by atoms with van der Waals surface area (Å²) < 4.78 is 7.25. The van der Waals surface area contributed by atoms with Crippen LogP contribution in [0.3, 0.4) is 0 Å². The van der Waals surface area contributed by atoms with Crippen LogP contribution in [0.15, 0.2) is 39.5 Å². The number of halogens is 2. The molecule has 0 radical (unpaired) electrons. The first-order valence-electron chi connectivity index (χ1n) is 5.66. The fraction of sp³-hybridized carbons (Fsp3) is 0.231. The van der Waals surface area contributed by atoms with Gasteiger partial charge in [0.1, 0.15) is 20.8 Å². The van der Waals surface area contributed by atoms with E-state index in [1.807, 2.05) is 24.3 Å². The maximum Gasteiger partial charge on any atom is 0.138 e. The SMILES string of the molecule is Brc1cc(Br)nc(C2CCOc3ccccc32)n1. The lowest BCUT2D eigenvalue weighted by molar-refractivity contribution is 0.274. The fourth-order valence-electron chi connectivity index (χ4n) is 2.17. The van der Waals surface area contributed by atoms with Crippen LogP contribution >= 0.6 is 31.9 Å². The molecule has 0 fully saturated rings. The zero-order valence-corrected chi connectivity index (χ0v) is 12.6. The number of rotatable bonds is 1. The molecule has 2 heterocycles. The Morgan fingerprint density at radius 1 is 1.11 bits per heavy atom. The molecule has 92 valence electrons. The Labute approximate surface area is 122 Å². The van der Waals surface area contributed by atoms with Gasteiger partial charge in [0.05, 0.1) is 12.5 Å². The fourth-order valence-corrected chi connectivity index (χ4v) is 3.28. The van der Waals surface area contributed by atoms with E-state index in [1.165, 1.54) is 0 Å². The van der Waals surface area contributed by atoms with Crippen molar-refractivity contribution >= 4 is 31.9 Å². The van der Waals surface area contributed by atoms with Gasteiger partial charge in [0.15, 0.2) is 0 Å². The first-order chi connectivity index (χ1) is 8.74. The van der Waals surface area contributed by atoms with Gasteiger partial charge in [-0.3, -0.25) is 0 Å². The molecule has 0 bridgehead atoms.